The molecule has 0 amide bonds. The minimum Gasteiger partial charge on any atom is -0.494 e. The number of benzene rings is 2. The molecule has 0 aromatic heterocycles. The van der Waals surface area contributed by atoms with Gasteiger partial charge < -0.3 is 24.4 Å². The summed E-state index contributed by atoms with van der Waals surface area (Å²) in [6, 6.07) is 14.0. The number of ether oxygens (including phenoxy) is 3. The van der Waals surface area contributed by atoms with E-state index in [2.05, 4.69) is 41.4 Å². The molecule has 1 aliphatic heterocycles. The van der Waals surface area contributed by atoms with Gasteiger partial charge in [0.25, 0.3) is 0 Å². The van der Waals surface area contributed by atoms with Crippen LogP contribution < -0.4 is 10.1 Å². The van der Waals surface area contributed by atoms with E-state index in [0.29, 0.717) is 24.3 Å². The molecular formula is C32H44N2O5. The van der Waals surface area contributed by atoms with E-state index in [-0.39, 0.29) is 11.1 Å². The zero-order chi connectivity index (χ0) is 27.6. The van der Waals surface area contributed by atoms with Crippen molar-refractivity contribution in [2.45, 2.75) is 64.3 Å². The first kappa shape index (κ1) is 28.9. The third-order valence-corrected chi connectivity index (χ3v) is 8.40. The highest BCUT2D eigenvalue weighted by Gasteiger charge is 2.27. The molecule has 1 saturated carbocycles. The van der Waals surface area contributed by atoms with Gasteiger partial charge >= 0.3 is 11.9 Å². The van der Waals surface area contributed by atoms with E-state index < -0.39 is 11.9 Å². The van der Waals surface area contributed by atoms with Crippen LogP contribution in [0.3, 0.4) is 0 Å². The largest absolute Gasteiger partial charge is 0.494 e. The highest BCUT2D eigenvalue weighted by molar-refractivity contribution is 5.96. The third kappa shape index (κ3) is 8.46. The van der Waals surface area contributed by atoms with Crippen LogP contribution in [0.15, 0.2) is 42.5 Å². The minimum atomic E-state index is -0.507. The maximum absolute atomic E-state index is 12.1. The second kappa shape index (κ2) is 14.4. The molecule has 2 aromatic rings. The van der Waals surface area contributed by atoms with Crippen LogP contribution in [0.4, 0.5) is 5.69 Å². The van der Waals surface area contributed by atoms with Crippen LogP contribution in [0.2, 0.25) is 0 Å². The SMILES string of the molecule is COC(=O)c1cc(OCCC2CCCCC2CCN2CCC(Nc3ccc(C)cc3)CC2)cc(C(=O)OC)c1. The number of hydrogen-bond acceptors (Lipinski definition) is 7. The molecule has 2 aliphatic rings. The molecule has 0 radical (unpaired) electrons. The number of hydrogen-bond donors (Lipinski definition) is 1. The Morgan fingerprint density at radius 2 is 1.44 bits per heavy atom. The molecule has 7 nitrogen and oxygen atoms in total. The number of rotatable bonds is 11. The maximum Gasteiger partial charge on any atom is 0.338 e. The summed E-state index contributed by atoms with van der Waals surface area (Å²) in [6.45, 7) is 6.16. The number of piperidine rings is 1. The number of nitrogens with zero attached hydrogens (tertiary/aromatic N) is 1. The van der Waals surface area contributed by atoms with Gasteiger partial charge in [0.15, 0.2) is 0 Å². The summed E-state index contributed by atoms with van der Waals surface area (Å²) >= 11 is 0. The molecule has 1 N–H and O–H groups in total. The van der Waals surface area contributed by atoms with E-state index in [9.17, 15) is 9.59 Å². The standard InChI is InChI=1S/C32H44N2O5/c1-23-8-10-28(11-9-23)33-29-13-17-34(18-14-29)16-12-24-6-4-5-7-25(24)15-19-39-30-21-26(31(35)37-2)20-27(22-30)32(36)38-3/h8-11,20-22,24-25,29,33H,4-7,12-19H2,1-3H3. The molecule has 1 saturated heterocycles. The van der Waals surface area contributed by atoms with Crippen molar-refractivity contribution in [3.63, 3.8) is 0 Å². The molecule has 7 heteroatoms. The van der Waals surface area contributed by atoms with Gasteiger partial charge in [0.1, 0.15) is 5.75 Å². The molecule has 1 aliphatic carbocycles. The molecule has 4 rings (SSSR count). The molecule has 39 heavy (non-hydrogen) atoms. The molecule has 2 atom stereocenters. The van der Waals surface area contributed by atoms with Crippen molar-refractivity contribution in [2.75, 3.05) is 45.8 Å². The van der Waals surface area contributed by atoms with Crippen molar-refractivity contribution in [3.8, 4) is 5.75 Å². The van der Waals surface area contributed by atoms with Crippen LogP contribution in [0, 0.1) is 18.8 Å². The molecule has 1 heterocycles. The van der Waals surface area contributed by atoms with Gasteiger partial charge in [-0.05, 0) is 81.3 Å². The van der Waals surface area contributed by atoms with Crippen LogP contribution in [0.25, 0.3) is 0 Å². The number of aryl methyl sites for hydroxylation is 1. The number of likely N-dealkylation sites (tertiary alicyclic amines) is 1. The summed E-state index contributed by atoms with van der Waals surface area (Å²) in [5.74, 6) is 0.842. The van der Waals surface area contributed by atoms with E-state index in [1.807, 2.05) is 0 Å². The van der Waals surface area contributed by atoms with Crippen molar-refractivity contribution in [2.24, 2.45) is 11.8 Å². The van der Waals surface area contributed by atoms with E-state index in [0.717, 1.165) is 25.4 Å². The Kier molecular flexibility index (Phi) is 10.7. The van der Waals surface area contributed by atoms with E-state index >= 15 is 0 Å². The van der Waals surface area contributed by atoms with Gasteiger partial charge in [-0.2, -0.15) is 0 Å². The van der Waals surface area contributed by atoms with Gasteiger partial charge in [0.2, 0.25) is 0 Å². The Morgan fingerprint density at radius 1 is 0.846 bits per heavy atom. The topological polar surface area (TPSA) is 77.1 Å². The monoisotopic (exact) mass is 536 g/mol. The Bertz CT molecular complexity index is 1040. The van der Waals surface area contributed by atoms with E-state index in [1.165, 1.54) is 83.0 Å². The smallest absolute Gasteiger partial charge is 0.338 e. The summed E-state index contributed by atoms with van der Waals surface area (Å²) in [5.41, 5.74) is 3.08. The summed E-state index contributed by atoms with van der Waals surface area (Å²) < 4.78 is 15.7. The highest BCUT2D eigenvalue weighted by Crippen LogP contribution is 2.35. The van der Waals surface area contributed by atoms with Gasteiger partial charge in [0.05, 0.1) is 32.0 Å². The van der Waals surface area contributed by atoms with Crippen molar-refractivity contribution in [3.05, 3.63) is 59.2 Å². The van der Waals surface area contributed by atoms with E-state index in [1.54, 1.807) is 12.1 Å². The number of methoxy groups -OCH3 is 2. The fraction of sp³-hybridized carbons (Fsp3) is 0.562. The van der Waals surface area contributed by atoms with Crippen LogP contribution in [-0.4, -0.2) is 63.3 Å². The summed E-state index contributed by atoms with van der Waals surface area (Å²) in [6.07, 6.45) is 9.72. The lowest BCUT2D eigenvalue weighted by atomic mass is 9.76. The van der Waals surface area contributed by atoms with Crippen molar-refractivity contribution in [1.82, 2.24) is 4.90 Å². The summed E-state index contributed by atoms with van der Waals surface area (Å²) in [5, 5.41) is 3.71. The lowest BCUT2D eigenvalue weighted by Gasteiger charge is -2.36. The molecular weight excluding hydrogens is 492 g/mol. The quantitative estimate of drug-likeness (QED) is 0.347. The van der Waals surface area contributed by atoms with Crippen LogP contribution >= 0.6 is 0 Å². The average molecular weight is 537 g/mol. The molecule has 0 spiro atoms. The second-order valence-electron chi connectivity index (χ2n) is 11.1. The predicted octanol–water partition coefficient (Wildman–Crippen LogP) is 6.11. The number of esters is 2. The third-order valence-electron chi connectivity index (χ3n) is 8.40. The Hall–Kier alpha value is -3.06. The number of carbonyl (C=O) groups excluding carboxylic acids is 2. The van der Waals surface area contributed by atoms with Gasteiger partial charge in [-0.15, -0.1) is 0 Å². The Labute approximate surface area is 233 Å². The summed E-state index contributed by atoms with van der Waals surface area (Å²) in [4.78, 5) is 26.8. The van der Waals surface area contributed by atoms with Crippen LogP contribution in [0.1, 0.15) is 77.6 Å². The zero-order valence-electron chi connectivity index (χ0n) is 23.7. The van der Waals surface area contributed by atoms with Gasteiger partial charge in [-0.25, -0.2) is 9.59 Å². The number of anilines is 1. The highest BCUT2D eigenvalue weighted by atomic mass is 16.5. The first-order valence-corrected chi connectivity index (χ1v) is 14.4. The lowest BCUT2D eigenvalue weighted by molar-refractivity contribution is 0.0598. The fourth-order valence-electron chi connectivity index (χ4n) is 6.06. The van der Waals surface area contributed by atoms with Crippen molar-refractivity contribution in [1.29, 1.82) is 0 Å². The predicted molar refractivity (Wildman–Crippen MR) is 154 cm³/mol. The molecule has 212 valence electrons. The number of carbonyl (C=O) groups is 2. The minimum absolute atomic E-state index is 0.281. The molecule has 0 bridgehead atoms. The van der Waals surface area contributed by atoms with Gasteiger partial charge in [-0.3, -0.25) is 0 Å². The molecule has 2 aromatic carbocycles. The average Bonchev–Trinajstić information content (AvgIpc) is 2.97. The zero-order valence-corrected chi connectivity index (χ0v) is 23.7. The maximum atomic E-state index is 12.1. The van der Waals surface area contributed by atoms with Crippen LogP contribution in [-0.2, 0) is 9.47 Å². The van der Waals surface area contributed by atoms with Gasteiger partial charge in [-0.1, -0.05) is 43.4 Å². The lowest BCUT2D eigenvalue weighted by Crippen LogP contribution is -2.40. The first-order valence-electron chi connectivity index (χ1n) is 14.4. The normalized spacial score (nSPS) is 20.3. The van der Waals surface area contributed by atoms with Crippen molar-refractivity contribution >= 4 is 17.6 Å². The Balaban J connectivity index is 1.23. The molecule has 2 fully saturated rings. The molecule has 2 unspecified atom stereocenters. The second-order valence-corrected chi connectivity index (χ2v) is 11.1. The van der Waals surface area contributed by atoms with Crippen LogP contribution in [0.5, 0.6) is 5.75 Å². The summed E-state index contributed by atoms with van der Waals surface area (Å²) in [7, 11) is 2.64. The van der Waals surface area contributed by atoms with Gasteiger partial charge in [0, 0.05) is 24.8 Å². The Morgan fingerprint density at radius 3 is 2.03 bits per heavy atom. The first-order chi connectivity index (χ1) is 18.9. The number of nitrogens with one attached hydrogen (secondary N) is 1. The van der Waals surface area contributed by atoms with Crippen molar-refractivity contribution < 1.29 is 23.8 Å². The van der Waals surface area contributed by atoms with E-state index in [4.69, 9.17) is 14.2 Å². The fourth-order valence-corrected chi connectivity index (χ4v) is 6.06.